The van der Waals surface area contributed by atoms with Gasteiger partial charge in [0, 0.05) is 25.9 Å². The molecule has 0 spiro atoms. The third-order valence-electron chi connectivity index (χ3n) is 3.00. The van der Waals surface area contributed by atoms with Gasteiger partial charge in [-0.15, -0.1) is 0 Å². The number of halogens is 1. The van der Waals surface area contributed by atoms with Crippen LogP contribution in [0.3, 0.4) is 0 Å². The molecule has 6 heteroatoms. The molecule has 1 saturated heterocycles. The summed E-state index contributed by atoms with van der Waals surface area (Å²) in [7, 11) is 1.83. The summed E-state index contributed by atoms with van der Waals surface area (Å²) in [5, 5.41) is 0. The lowest BCUT2D eigenvalue weighted by Gasteiger charge is -2.44. The molecule has 0 N–H and O–H groups in total. The molecule has 106 valence electrons. The molecular weight excluding hydrogens is 249 g/mol. The quantitative estimate of drug-likeness (QED) is 0.824. The highest BCUT2D eigenvalue weighted by atomic mass is 19.1. The maximum atomic E-state index is 14.4. The van der Waals surface area contributed by atoms with Crippen LogP contribution >= 0.6 is 0 Å². The minimum absolute atomic E-state index is 0.0643. The summed E-state index contributed by atoms with van der Waals surface area (Å²) in [5.41, 5.74) is -1.94. The van der Waals surface area contributed by atoms with E-state index in [2.05, 4.69) is 4.98 Å². The maximum absolute atomic E-state index is 14.4. The van der Waals surface area contributed by atoms with Gasteiger partial charge in [-0.05, 0) is 20.8 Å². The van der Waals surface area contributed by atoms with Crippen LogP contribution in [0, 0.1) is 0 Å². The van der Waals surface area contributed by atoms with Gasteiger partial charge in [-0.1, -0.05) is 0 Å². The summed E-state index contributed by atoms with van der Waals surface area (Å²) in [6.45, 7) is 5.51. The van der Waals surface area contributed by atoms with Crippen LogP contribution in [0.4, 0.5) is 9.18 Å². The van der Waals surface area contributed by atoms with E-state index in [-0.39, 0.29) is 19.5 Å². The number of rotatable bonds is 2. The van der Waals surface area contributed by atoms with Gasteiger partial charge in [0.1, 0.15) is 11.4 Å². The number of imidazole rings is 1. The minimum atomic E-state index is -1.39. The van der Waals surface area contributed by atoms with E-state index in [1.54, 1.807) is 37.7 Å². The van der Waals surface area contributed by atoms with E-state index in [0.29, 0.717) is 5.82 Å². The number of ether oxygens (including phenoxy) is 1. The molecule has 1 amide bonds. The Morgan fingerprint density at radius 1 is 1.53 bits per heavy atom. The number of likely N-dealkylation sites (tertiary alicyclic amines) is 1. The Balaban J connectivity index is 1.88. The Hall–Kier alpha value is -1.59. The fourth-order valence-electron chi connectivity index (χ4n) is 2.06. The monoisotopic (exact) mass is 269 g/mol. The molecule has 1 aliphatic rings. The van der Waals surface area contributed by atoms with Crippen molar-refractivity contribution < 1.29 is 13.9 Å². The van der Waals surface area contributed by atoms with Crippen molar-refractivity contribution in [3.63, 3.8) is 0 Å². The van der Waals surface area contributed by atoms with Gasteiger partial charge in [0.15, 0.2) is 5.67 Å². The largest absolute Gasteiger partial charge is 0.444 e. The molecule has 1 aromatic heterocycles. The Morgan fingerprint density at radius 3 is 2.63 bits per heavy atom. The summed E-state index contributed by atoms with van der Waals surface area (Å²) in [6, 6.07) is 0. The number of hydrogen-bond acceptors (Lipinski definition) is 3. The van der Waals surface area contributed by atoms with E-state index < -0.39 is 17.4 Å². The fraction of sp³-hybridized carbons (Fsp3) is 0.692. The number of amides is 1. The lowest BCUT2D eigenvalue weighted by molar-refractivity contribution is -0.0513. The van der Waals surface area contributed by atoms with E-state index in [9.17, 15) is 9.18 Å². The molecule has 0 radical (unpaired) electrons. The van der Waals surface area contributed by atoms with Crippen molar-refractivity contribution in [2.45, 2.75) is 38.5 Å². The van der Waals surface area contributed by atoms with Crippen molar-refractivity contribution in [1.29, 1.82) is 0 Å². The van der Waals surface area contributed by atoms with Crippen molar-refractivity contribution in [2.75, 3.05) is 13.1 Å². The van der Waals surface area contributed by atoms with Gasteiger partial charge < -0.3 is 14.2 Å². The molecule has 0 unspecified atom stereocenters. The highest BCUT2D eigenvalue weighted by Gasteiger charge is 2.47. The standard InChI is InChI=1S/C13H20FN3O2/c1-12(2,3)19-11(18)17-8-13(14,9-17)7-10-15-5-6-16(10)4/h5-6H,7-9H2,1-4H3. The molecule has 2 heterocycles. The molecule has 0 saturated carbocycles. The highest BCUT2D eigenvalue weighted by Crippen LogP contribution is 2.30. The van der Waals surface area contributed by atoms with E-state index in [0.717, 1.165) is 0 Å². The highest BCUT2D eigenvalue weighted by molar-refractivity contribution is 5.69. The second-order valence-electron chi connectivity index (χ2n) is 6.12. The van der Waals surface area contributed by atoms with Crippen LogP contribution in [0.2, 0.25) is 0 Å². The summed E-state index contributed by atoms with van der Waals surface area (Å²) in [5.74, 6) is 0.686. The van der Waals surface area contributed by atoms with Crippen molar-refractivity contribution in [2.24, 2.45) is 7.05 Å². The predicted molar refractivity (Wildman–Crippen MR) is 68.6 cm³/mol. The van der Waals surface area contributed by atoms with Gasteiger partial charge in [-0.3, -0.25) is 0 Å². The average Bonchev–Trinajstić information content (AvgIpc) is 2.58. The predicted octanol–water partition coefficient (Wildman–Crippen LogP) is 1.92. The molecule has 5 nitrogen and oxygen atoms in total. The first-order chi connectivity index (χ1) is 8.69. The van der Waals surface area contributed by atoms with E-state index >= 15 is 0 Å². The summed E-state index contributed by atoms with van der Waals surface area (Å²) >= 11 is 0. The molecule has 2 rings (SSSR count). The van der Waals surface area contributed by atoms with Crippen molar-refractivity contribution in [1.82, 2.24) is 14.5 Å². The SMILES string of the molecule is Cn1ccnc1CC1(F)CN(C(=O)OC(C)(C)C)C1. The second-order valence-corrected chi connectivity index (χ2v) is 6.12. The van der Waals surface area contributed by atoms with E-state index in [1.165, 1.54) is 4.90 Å². The Kier molecular flexibility index (Phi) is 3.28. The van der Waals surface area contributed by atoms with Gasteiger partial charge >= 0.3 is 6.09 Å². The van der Waals surface area contributed by atoms with Crippen LogP contribution in [0.15, 0.2) is 12.4 Å². The van der Waals surface area contributed by atoms with Crippen molar-refractivity contribution in [3.05, 3.63) is 18.2 Å². The molecule has 0 bridgehead atoms. The van der Waals surface area contributed by atoms with Gasteiger partial charge in [0.05, 0.1) is 13.1 Å². The topological polar surface area (TPSA) is 47.4 Å². The van der Waals surface area contributed by atoms with Crippen molar-refractivity contribution >= 4 is 6.09 Å². The zero-order chi connectivity index (χ0) is 14.3. The second kappa shape index (κ2) is 4.51. The first-order valence-corrected chi connectivity index (χ1v) is 6.32. The molecule has 1 aromatic rings. The number of hydrogen-bond donors (Lipinski definition) is 0. The lowest BCUT2D eigenvalue weighted by Crippen LogP contribution is -2.62. The molecule has 0 atom stereocenters. The molecular formula is C13H20FN3O2. The number of aryl methyl sites for hydroxylation is 1. The Morgan fingerprint density at radius 2 is 2.16 bits per heavy atom. The van der Waals surface area contributed by atoms with Gasteiger partial charge in [-0.2, -0.15) is 0 Å². The first kappa shape index (κ1) is 13.8. The molecule has 0 aromatic carbocycles. The minimum Gasteiger partial charge on any atom is -0.444 e. The Bertz CT molecular complexity index is 472. The van der Waals surface area contributed by atoms with Gasteiger partial charge in [0.25, 0.3) is 0 Å². The number of carbonyl (C=O) groups excluding carboxylic acids is 1. The number of carbonyl (C=O) groups is 1. The zero-order valence-electron chi connectivity index (χ0n) is 11.8. The molecule has 19 heavy (non-hydrogen) atoms. The first-order valence-electron chi connectivity index (χ1n) is 6.32. The smallest absolute Gasteiger partial charge is 0.410 e. The lowest BCUT2D eigenvalue weighted by atomic mass is 9.92. The van der Waals surface area contributed by atoms with Gasteiger partial charge in [0.2, 0.25) is 0 Å². The summed E-state index contributed by atoms with van der Waals surface area (Å²) < 4.78 is 21.4. The van der Waals surface area contributed by atoms with E-state index in [1.807, 2.05) is 7.05 Å². The maximum Gasteiger partial charge on any atom is 0.410 e. The van der Waals surface area contributed by atoms with Crippen molar-refractivity contribution in [3.8, 4) is 0 Å². The summed E-state index contributed by atoms with van der Waals surface area (Å²) in [4.78, 5) is 17.2. The normalized spacial score (nSPS) is 18.1. The molecule has 1 fully saturated rings. The van der Waals surface area contributed by atoms with Crippen LogP contribution in [0.1, 0.15) is 26.6 Å². The third kappa shape index (κ3) is 3.24. The van der Waals surface area contributed by atoms with Crippen LogP contribution < -0.4 is 0 Å². The fourth-order valence-corrected chi connectivity index (χ4v) is 2.06. The van der Waals surface area contributed by atoms with Crippen LogP contribution in [-0.4, -0.2) is 44.9 Å². The number of alkyl halides is 1. The van der Waals surface area contributed by atoms with Crippen LogP contribution in [-0.2, 0) is 18.2 Å². The molecule has 0 aliphatic carbocycles. The van der Waals surface area contributed by atoms with Gasteiger partial charge in [-0.25, -0.2) is 14.2 Å². The average molecular weight is 269 g/mol. The Labute approximate surface area is 112 Å². The zero-order valence-corrected chi connectivity index (χ0v) is 11.8. The number of aromatic nitrogens is 2. The molecule has 1 aliphatic heterocycles. The third-order valence-corrected chi connectivity index (χ3v) is 3.00. The van der Waals surface area contributed by atoms with E-state index in [4.69, 9.17) is 4.74 Å². The number of nitrogens with zero attached hydrogens (tertiary/aromatic N) is 3. The van der Waals surface area contributed by atoms with Crippen LogP contribution in [0.5, 0.6) is 0 Å². The summed E-state index contributed by atoms with van der Waals surface area (Å²) in [6.07, 6.45) is 3.18. The van der Waals surface area contributed by atoms with Crippen LogP contribution in [0.25, 0.3) is 0 Å².